The van der Waals surface area contributed by atoms with E-state index in [4.69, 9.17) is 4.99 Å². The third-order valence-corrected chi connectivity index (χ3v) is 7.03. The lowest BCUT2D eigenvalue weighted by atomic mass is 10.4. The molecule has 26 heavy (non-hydrogen) atoms. The maximum atomic E-state index is 12.3. The first-order valence-corrected chi connectivity index (χ1v) is 9.53. The summed E-state index contributed by atoms with van der Waals surface area (Å²) in [6.45, 7) is 0. The number of nitrogens with zero attached hydrogens (tertiary/aromatic N) is 2. The molecule has 1 aliphatic heterocycles. The van der Waals surface area contributed by atoms with E-state index >= 15 is 0 Å². The number of H-pyrrole nitrogens is 2. The number of benzene rings is 2. The standard InChI is InChI=1S/C19H17N4O2P/c1-23(2)16-15(17(24)22-18(25)21-16)20-19(23)26(13-9-5-3-6-10-13)14-11-7-4-8-12-14/h3-12H,1-2H3,(H-,21,22,24,25)/p+1. The van der Waals surface area contributed by atoms with E-state index in [-0.39, 0.29) is 10.2 Å². The second-order valence-corrected chi connectivity index (χ2v) is 8.58. The summed E-state index contributed by atoms with van der Waals surface area (Å²) in [6.07, 6.45) is 0. The average molecular weight is 365 g/mol. The van der Waals surface area contributed by atoms with Gasteiger partial charge in [-0.2, -0.15) is 4.99 Å². The predicted octanol–water partition coefficient (Wildman–Crippen LogP) is 1.76. The Bertz CT molecular complexity index is 1060. The highest BCUT2D eigenvalue weighted by Gasteiger charge is 2.44. The molecule has 130 valence electrons. The average Bonchev–Trinajstić information content (AvgIpc) is 2.89. The van der Waals surface area contributed by atoms with E-state index in [0.29, 0.717) is 5.82 Å². The molecule has 2 N–H and O–H groups in total. The monoisotopic (exact) mass is 365 g/mol. The molecule has 0 bridgehead atoms. The summed E-state index contributed by atoms with van der Waals surface area (Å²) < 4.78 is 0.240. The lowest BCUT2D eigenvalue weighted by Crippen LogP contribution is -2.47. The van der Waals surface area contributed by atoms with Crippen molar-refractivity contribution < 1.29 is 0 Å². The molecule has 0 atom stereocenters. The van der Waals surface area contributed by atoms with Gasteiger partial charge in [0.25, 0.3) is 5.56 Å². The quantitative estimate of drug-likeness (QED) is 0.548. The van der Waals surface area contributed by atoms with Crippen molar-refractivity contribution in [3.63, 3.8) is 0 Å². The van der Waals surface area contributed by atoms with E-state index in [2.05, 4.69) is 34.2 Å². The Hall–Kier alpha value is -2.82. The number of fused-ring (bicyclic) bond motifs is 1. The Labute approximate surface area is 151 Å². The summed E-state index contributed by atoms with van der Waals surface area (Å²) >= 11 is 0. The molecule has 3 aromatic rings. The summed E-state index contributed by atoms with van der Waals surface area (Å²) in [6, 6.07) is 20.3. The highest BCUT2D eigenvalue weighted by Crippen LogP contribution is 2.46. The Morgan fingerprint density at radius 1 is 0.846 bits per heavy atom. The zero-order chi connectivity index (χ0) is 18.3. The van der Waals surface area contributed by atoms with Gasteiger partial charge >= 0.3 is 5.69 Å². The number of hydrogen-bond donors (Lipinski definition) is 2. The Morgan fingerprint density at radius 2 is 1.38 bits per heavy atom. The van der Waals surface area contributed by atoms with Gasteiger partial charge in [-0.3, -0.25) is 14.8 Å². The topological polar surface area (TPSA) is 78.1 Å². The van der Waals surface area contributed by atoms with Crippen LogP contribution in [0.15, 0.2) is 75.2 Å². The molecular formula is C19H18N4O2P+. The maximum absolute atomic E-state index is 12.3. The van der Waals surface area contributed by atoms with Crippen LogP contribution >= 0.6 is 7.92 Å². The number of amidine groups is 1. The first-order chi connectivity index (χ1) is 12.5. The van der Waals surface area contributed by atoms with Gasteiger partial charge in [-0.25, -0.2) is 9.28 Å². The SMILES string of the molecule is C[N+]1(C)C(P(c2ccccc2)c2ccccc2)=Nc2c1[nH]c(=O)[nH]c2=O. The molecule has 0 amide bonds. The molecular weight excluding hydrogens is 347 g/mol. The van der Waals surface area contributed by atoms with Gasteiger partial charge in [-0.1, -0.05) is 60.7 Å². The molecule has 1 aromatic heterocycles. The zero-order valence-electron chi connectivity index (χ0n) is 14.4. The van der Waals surface area contributed by atoms with Crippen molar-refractivity contribution in [2.45, 2.75) is 0 Å². The van der Waals surface area contributed by atoms with Crippen molar-refractivity contribution in [3.8, 4) is 0 Å². The lowest BCUT2D eigenvalue weighted by molar-refractivity contribution is 0.597. The van der Waals surface area contributed by atoms with Crippen LogP contribution in [0.2, 0.25) is 0 Å². The molecule has 0 saturated heterocycles. The van der Waals surface area contributed by atoms with Gasteiger partial charge in [0.15, 0.2) is 0 Å². The van der Waals surface area contributed by atoms with Crippen molar-refractivity contribution in [1.82, 2.24) is 14.5 Å². The van der Waals surface area contributed by atoms with Crippen LogP contribution in [-0.2, 0) is 0 Å². The molecule has 0 aliphatic carbocycles. The van der Waals surface area contributed by atoms with Gasteiger partial charge in [0, 0.05) is 0 Å². The summed E-state index contributed by atoms with van der Waals surface area (Å²) in [5, 5.41) is 2.29. The Balaban J connectivity index is 1.96. The van der Waals surface area contributed by atoms with Crippen LogP contribution in [0.1, 0.15) is 0 Å². The number of aromatic nitrogens is 2. The molecule has 4 rings (SSSR count). The fourth-order valence-corrected chi connectivity index (χ4v) is 5.64. The first-order valence-electron chi connectivity index (χ1n) is 8.19. The molecule has 0 saturated carbocycles. The van der Waals surface area contributed by atoms with Crippen LogP contribution < -0.4 is 26.3 Å². The van der Waals surface area contributed by atoms with Gasteiger partial charge in [0.2, 0.25) is 17.1 Å². The minimum absolute atomic E-state index is 0.240. The van der Waals surface area contributed by atoms with E-state index in [1.54, 1.807) is 0 Å². The molecule has 2 aromatic carbocycles. The summed E-state index contributed by atoms with van der Waals surface area (Å²) in [5.74, 6) is 0.521. The van der Waals surface area contributed by atoms with Gasteiger partial charge in [-0.15, -0.1) is 0 Å². The number of rotatable bonds is 3. The predicted molar refractivity (Wildman–Crippen MR) is 107 cm³/mol. The molecule has 6 nitrogen and oxygen atoms in total. The maximum Gasteiger partial charge on any atom is 0.330 e. The van der Waals surface area contributed by atoms with Crippen molar-refractivity contribution in [3.05, 3.63) is 81.5 Å². The first kappa shape index (κ1) is 16.6. The molecule has 0 unspecified atom stereocenters. The van der Waals surface area contributed by atoms with Gasteiger partial charge in [0.1, 0.15) is 0 Å². The number of nitrogens with one attached hydrogen (secondary N) is 2. The van der Waals surface area contributed by atoms with Gasteiger partial charge in [0.05, 0.1) is 22.0 Å². The minimum atomic E-state index is -0.961. The number of aliphatic imine (C=N–C) groups is 1. The van der Waals surface area contributed by atoms with Gasteiger partial charge < -0.3 is 0 Å². The van der Waals surface area contributed by atoms with Crippen molar-refractivity contribution >= 4 is 35.6 Å². The molecule has 2 heterocycles. The molecule has 0 fully saturated rings. The molecule has 1 aliphatic rings. The third kappa shape index (κ3) is 2.64. The number of quaternary nitrogens is 1. The number of hydrogen-bond acceptors (Lipinski definition) is 3. The zero-order valence-corrected chi connectivity index (χ0v) is 15.3. The largest absolute Gasteiger partial charge is 0.330 e. The minimum Gasteiger partial charge on any atom is -0.272 e. The van der Waals surface area contributed by atoms with E-state index in [1.165, 1.54) is 0 Å². The van der Waals surface area contributed by atoms with E-state index in [1.807, 2.05) is 50.5 Å². The lowest BCUT2D eigenvalue weighted by Gasteiger charge is -2.29. The normalized spacial score (nSPS) is 15.0. The third-order valence-electron chi connectivity index (χ3n) is 4.40. The molecule has 0 spiro atoms. The second-order valence-electron chi connectivity index (χ2n) is 6.48. The van der Waals surface area contributed by atoms with E-state index < -0.39 is 19.2 Å². The van der Waals surface area contributed by atoms with Crippen LogP contribution in [0.5, 0.6) is 0 Å². The Morgan fingerprint density at radius 3 is 1.92 bits per heavy atom. The highest BCUT2D eigenvalue weighted by atomic mass is 31.1. The van der Waals surface area contributed by atoms with E-state index in [0.717, 1.165) is 16.2 Å². The van der Waals surface area contributed by atoms with Crippen molar-refractivity contribution in [2.24, 2.45) is 4.99 Å². The fourth-order valence-electron chi connectivity index (χ4n) is 3.14. The van der Waals surface area contributed by atoms with Crippen molar-refractivity contribution in [1.29, 1.82) is 0 Å². The second kappa shape index (κ2) is 6.16. The van der Waals surface area contributed by atoms with Crippen LogP contribution in [0, 0.1) is 0 Å². The molecule has 0 radical (unpaired) electrons. The summed E-state index contributed by atoms with van der Waals surface area (Å²) in [5.41, 5.74) is 0.157. The van der Waals surface area contributed by atoms with Crippen molar-refractivity contribution in [2.75, 3.05) is 14.1 Å². The fraction of sp³-hybridized carbons (Fsp3) is 0.105. The number of aromatic amines is 2. The van der Waals surface area contributed by atoms with Crippen LogP contribution in [0.25, 0.3) is 0 Å². The van der Waals surface area contributed by atoms with Crippen LogP contribution in [-0.4, -0.2) is 29.6 Å². The van der Waals surface area contributed by atoms with Gasteiger partial charge in [-0.05, 0) is 10.6 Å². The summed E-state index contributed by atoms with van der Waals surface area (Å²) in [7, 11) is 2.93. The molecule has 7 heteroatoms. The van der Waals surface area contributed by atoms with Crippen LogP contribution in [0.4, 0.5) is 11.5 Å². The van der Waals surface area contributed by atoms with Crippen LogP contribution in [0.3, 0.4) is 0 Å². The van der Waals surface area contributed by atoms with E-state index in [9.17, 15) is 9.59 Å². The Kier molecular flexibility index (Phi) is 3.94. The summed E-state index contributed by atoms with van der Waals surface area (Å²) in [4.78, 5) is 33.8. The highest BCUT2D eigenvalue weighted by molar-refractivity contribution is 7.88. The smallest absolute Gasteiger partial charge is 0.272 e.